The first-order valence-corrected chi connectivity index (χ1v) is 12.5. The highest BCUT2D eigenvalue weighted by Gasteiger charge is 2.35. The van der Waals surface area contributed by atoms with E-state index in [9.17, 15) is 14.4 Å². The second-order valence-electron chi connectivity index (χ2n) is 6.97. The number of halogens is 2. The molecule has 1 aliphatic rings. The Kier molecular flexibility index (Phi) is 7.63. The molecule has 0 saturated carbocycles. The lowest BCUT2D eigenvalue weighted by Crippen LogP contribution is -2.27. The van der Waals surface area contributed by atoms with Crippen molar-refractivity contribution >= 4 is 69.5 Å². The van der Waals surface area contributed by atoms with Crippen LogP contribution in [0.15, 0.2) is 58.8 Å². The summed E-state index contributed by atoms with van der Waals surface area (Å²) in [5.41, 5.74) is 1.12. The van der Waals surface area contributed by atoms with Gasteiger partial charge in [-0.2, -0.15) is 0 Å². The summed E-state index contributed by atoms with van der Waals surface area (Å²) in [5.74, 6) is -0.317. The summed E-state index contributed by atoms with van der Waals surface area (Å²) in [5, 5.41) is 2.13. The van der Waals surface area contributed by atoms with Gasteiger partial charge in [0.25, 0.3) is 11.1 Å². The van der Waals surface area contributed by atoms with Crippen molar-refractivity contribution in [3.05, 3.63) is 84.9 Å². The molecule has 0 N–H and O–H groups in total. The molecule has 0 radical (unpaired) electrons. The number of amides is 2. The van der Waals surface area contributed by atoms with Crippen LogP contribution in [0.1, 0.15) is 27.7 Å². The van der Waals surface area contributed by atoms with E-state index < -0.39 is 17.1 Å². The number of esters is 1. The number of hydrogen-bond acceptors (Lipinski definition) is 7. The van der Waals surface area contributed by atoms with E-state index >= 15 is 0 Å². The summed E-state index contributed by atoms with van der Waals surface area (Å²) >= 11 is 14.5. The maximum atomic E-state index is 12.9. The van der Waals surface area contributed by atoms with Gasteiger partial charge in [0.05, 0.1) is 18.1 Å². The first-order valence-electron chi connectivity index (χ1n) is 10.1. The number of benzene rings is 2. The quantitative estimate of drug-likeness (QED) is 0.186. The van der Waals surface area contributed by atoms with Gasteiger partial charge in [-0.3, -0.25) is 14.5 Å². The van der Waals surface area contributed by atoms with Crippen molar-refractivity contribution in [3.63, 3.8) is 0 Å². The number of carbonyl (C=O) groups excluding carboxylic acids is 3. The van der Waals surface area contributed by atoms with E-state index in [1.54, 1.807) is 60.0 Å². The van der Waals surface area contributed by atoms with Crippen LogP contribution >= 0.6 is 46.3 Å². The monoisotopic (exact) mass is 533 g/mol. The van der Waals surface area contributed by atoms with E-state index in [0.717, 1.165) is 16.7 Å². The van der Waals surface area contributed by atoms with Crippen molar-refractivity contribution in [3.8, 4) is 11.5 Å². The Morgan fingerprint density at radius 3 is 2.50 bits per heavy atom. The standard InChI is InChI=1S/C24H17Cl2NO5S2/c1-2-31-19-11-14(8-9-18(19)32-23(29)20-7-4-10-33-20)12-21-22(28)27(24(30)34-21)13-15-16(25)5-3-6-17(15)26/h3-12H,2,13H2,1H3/b21-12-. The number of rotatable bonds is 7. The van der Waals surface area contributed by atoms with E-state index in [0.29, 0.717) is 38.4 Å². The molecule has 4 rings (SSSR count). The Bertz CT molecular complexity index is 1270. The van der Waals surface area contributed by atoms with Gasteiger partial charge in [0.1, 0.15) is 4.88 Å². The third kappa shape index (κ3) is 5.31. The molecular formula is C24H17Cl2NO5S2. The molecule has 3 aromatic rings. The number of imide groups is 1. The van der Waals surface area contributed by atoms with Crippen LogP contribution in [0, 0.1) is 0 Å². The normalized spacial score (nSPS) is 14.7. The van der Waals surface area contributed by atoms with Gasteiger partial charge in [-0.25, -0.2) is 4.79 Å². The van der Waals surface area contributed by atoms with E-state index in [2.05, 4.69) is 0 Å². The lowest BCUT2D eigenvalue weighted by Gasteiger charge is -2.14. The van der Waals surface area contributed by atoms with Gasteiger partial charge in [0, 0.05) is 15.6 Å². The lowest BCUT2D eigenvalue weighted by atomic mass is 10.1. The molecule has 34 heavy (non-hydrogen) atoms. The largest absolute Gasteiger partial charge is 0.490 e. The van der Waals surface area contributed by atoms with E-state index in [-0.39, 0.29) is 17.2 Å². The Labute approximate surface area is 214 Å². The smallest absolute Gasteiger partial charge is 0.353 e. The van der Waals surface area contributed by atoms with Gasteiger partial charge in [-0.15, -0.1) is 11.3 Å². The van der Waals surface area contributed by atoms with Crippen LogP contribution in [0.3, 0.4) is 0 Å². The number of thiophene rings is 1. The van der Waals surface area contributed by atoms with Gasteiger partial charge in [0.15, 0.2) is 11.5 Å². The number of nitrogens with zero attached hydrogens (tertiary/aromatic N) is 1. The molecule has 0 bridgehead atoms. The molecule has 0 unspecified atom stereocenters. The predicted octanol–water partition coefficient (Wildman–Crippen LogP) is 6.91. The highest BCUT2D eigenvalue weighted by Crippen LogP contribution is 2.37. The fraction of sp³-hybridized carbons (Fsp3) is 0.125. The molecule has 2 aromatic carbocycles. The van der Waals surface area contributed by atoms with Crippen molar-refractivity contribution in [1.82, 2.24) is 4.90 Å². The van der Waals surface area contributed by atoms with Crippen LogP contribution in [-0.2, 0) is 11.3 Å². The van der Waals surface area contributed by atoms with Crippen LogP contribution in [0.5, 0.6) is 11.5 Å². The van der Waals surface area contributed by atoms with Gasteiger partial charge in [0.2, 0.25) is 0 Å². The van der Waals surface area contributed by atoms with E-state index in [1.165, 1.54) is 11.3 Å². The predicted molar refractivity (Wildman–Crippen MR) is 135 cm³/mol. The zero-order valence-electron chi connectivity index (χ0n) is 17.7. The zero-order chi connectivity index (χ0) is 24.2. The fourth-order valence-corrected chi connectivity index (χ4v) is 5.10. The van der Waals surface area contributed by atoms with Crippen molar-refractivity contribution < 1.29 is 23.9 Å². The van der Waals surface area contributed by atoms with Gasteiger partial charge < -0.3 is 9.47 Å². The Balaban J connectivity index is 1.56. The minimum absolute atomic E-state index is 0.0255. The van der Waals surface area contributed by atoms with E-state index in [1.807, 2.05) is 6.92 Å². The lowest BCUT2D eigenvalue weighted by molar-refractivity contribution is -0.123. The summed E-state index contributed by atoms with van der Waals surface area (Å²) < 4.78 is 11.1. The third-order valence-electron chi connectivity index (χ3n) is 4.74. The number of ether oxygens (including phenoxy) is 2. The molecule has 6 nitrogen and oxygen atoms in total. The van der Waals surface area contributed by atoms with Crippen molar-refractivity contribution in [1.29, 1.82) is 0 Å². The molecule has 1 aromatic heterocycles. The first-order chi connectivity index (χ1) is 16.4. The molecule has 1 fully saturated rings. The van der Waals surface area contributed by atoms with Crippen LogP contribution in [-0.4, -0.2) is 28.6 Å². The summed E-state index contributed by atoms with van der Waals surface area (Å²) in [6.45, 7) is 2.13. The van der Waals surface area contributed by atoms with Gasteiger partial charge in [-0.1, -0.05) is 41.4 Å². The van der Waals surface area contributed by atoms with E-state index in [4.69, 9.17) is 32.7 Å². The van der Waals surface area contributed by atoms with Crippen LogP contribution in [0.25, 0.3) is 6.08 Å². The second-order valence-corrected chi connectivity index (χ2v) is 9.73. The number of carbonyl (C=O) groups is 3. The molecule has 10 heteroatoms. The average molecular weight is 534 g/mol. The molecule has 2 amide bonds. The van der Waals surface area contributed by atoms with Gasteiger partial charge >= 0.3 is 5.97 Å². The Morgan fingerprint density at radius 1 is 1.06 bits per heavy atom. The summed E-state index contributed by atoms with van der Waals surface area (Å²) in [4.78, 5) is 39.6. The first kappa shape index (κ1) is 24.3. The summed E-state index contributed by atoms with van der Waals surface area (Å²) in [7, 11) is 0. The summed E-state index contributed by atoms with van der Waals surface area (Å²) in [6, 6.07) is 13.4. The molecule has 174 valence electrons. The molecule has 0 aliphatic carbocycles. The second kappa shape index (κ2) is 10.7. The molecule has 1 saturated heterocycles. The van der Waals surface area contributed by atoms with Crippen LogP contribution in [0.2, 0.25) is 10.0 Å². The Morgan fingerprint density at radius 2 is 1.82 bits per heavy atom. The number of hydrogen-bond donors (Lipinski definition) is 0. The van der Waals surface area contributed by atoms with Crippen molar-refractivity contribution in [2.24, 2.45) is 0 Å². The van der Waals surface area contributed by atoms with Crippen molar-refractivity contribution in [2.75, 3.05) is 6.61 Å². The molecular weight excluding hydrogens is 517 g/mol. The summed E-state index contributed by atoms with van der Waals surface area (Å²) in [6.07, 6.45) is 1.59. The zero-order valence-corrected chi connectivity index (χ0v) is 20.9. The molecule has 0 spiro atoms. The van der Waals surface area contributed by atoms with Gasteiger partial charge in [-0.05, 0) is 66.0 Å². The highest BCUT2D eigenvalue weighted by atomic mass is 35.5. The van der Waals surface area contributed by atoms with Crippen LogP contribution in [0.4, 0.5) is 4.79 Å². The minimum atomic E-state index is -0.483. The topological polar surface area (TPSA) is 72.9 Å². The maximum Gasteiger partial charge on any atom is 0.353 e. The van der Waals surface area contributed by atoms with Crippen molar-refractivity contribution in [2.45, 2.75) is 13.5 Å². The molecule has 2 heterocycles. The minimum Gasteiger partial charge on any atom is -0.490 e. The average Bonchev–Trinajstić information content (AvgIpc) is 3.43. The van der Waals surface area contributed by atoms with Crippen LogP contribution < -0.4 is 9.47 Å². The molecule has 0 atom stereocenters. The SMILES string of the molecule is CCOc1cc(/C=C2\SC(=O)N(Cc3c(Cl)cccc3Cl)C2=O)ccc1OC(=O)c1cccs1. The molecule has 1 aliphatic heterocycles. The highest BCUT2D eigenvalue weighted by molar-refractivity contribution is 8.18. The maximum absolute atomic E-state index is 12.9. The fourth-order valence-electron chi connectivity index (χ4n) is 3.14. The third-order valence-corrected chi connectivity index (χ3v) is 7.21. The number of thioether (sulfide) groups is 1. The Hall–Kier alpha value is -2.78.